The fourth-order valence-electron chi connectivity index (χ4n) is 2.14. The molecule has 24 heavy (non-hydrogen) atoms. The summed E-state index contributed by atoms with van der Waals surface area (Å²) in [6, 6.07) is 12.6. The summed E-state index contributed by atoms with van der Waals surface area (Å²) in [5.41, 5.74) is 2.41. The van der Waals surface area contributed by atoms with Crippen molar-refractivity contribution >= 4 is 57.2 Å². The molecule has 0 bridgehead atoms. The zero-order chi connectivity index (χ0) is 16.2. The average molecular weight is 428 g/mol. The zero-order valence-electron chi connectivity index (χ0n) is 12.9. The van der Waals surface area contributed by atoms with Gasteiger partial charge in [-0.1, -0.05) is 23.4 Å². The first kappa shape index (κ1) is 18.8. The molecule has 3 aromatic rings. The number of hydrogen-bond acceptors (Lipinski definition) is 4. The van der Waals surface area contributed by atoms with Crippen molar-refractivity contribution < 1.29 is 9.53 Å². The molecular formula is C17H16BrClN2O2S. The number of aromatic amines is 1. The summed E-state index contributed by atoms with van der Waals surface area (Å²) in [6.07, 6.45) is 0. The number of benzene rings is 2. The lowest BCUT2D eigenvalue weighted by Gasteiger charge is -2.00. The molecule has 0 atom stereocenters. The van der Waals surface area contributed by atoms with Gasteiger partial charge in [0.05, 0.1) is 23.4 Å². The molecule has 0 aliphatic heterocycles. The fraction of sp³-hybridized carbons (Fsp3) is 0.176. The molecule has 0 saturated carbocycles. The van der Waals surface area contributed by atoms with Gasteiger partial charge in [0.25, 0.3) is 0 Å². The lowest BCUT2D eigenvalue weighted by atomic mass is 10.1. The van der Waals surface area contributed by atoms with E-state index in [1.165, 1.54) is 11.8 Å². The van der Waals surface area contributed by atoms with Crippen molar-refractivity contribution in [2.75, 3.05) is 12.4 Å². The van der Waals surface area contributed by atoms with E-state index < -0.39 is 0 Å². The maximum Gasteiger partial charge on any atom is 0.173 e. The van der Waals surface area contributed by atoms with E-state index in [0.29, 0.717) is 22.9 Å². The van der Waals surface area contributed by atoms with Gasteiger partial charge in [-0.05, 0) is 43.3 Å². The van der Waals surface area contributed by atoms with Gasteiger partial charge in [-0.25, -0.2) is 4.98 Å². The van der Waals surface area contributed by atoms with E-state index >= 15 is 0 Å². The van der Waals surface area contributed by atoms with Crippen LogP contribution in [0, 0.1) is 0 Å². The van der Waals surface area contributed by atoms with Crippen LogP contribution in [-0.4, -0.2) is 28.1 Å². The number of aromatic nitrogens is 2. The van der Waals surface area contributed by atoms with Gasteiger partial charge >= 0.3 is 0 Å². The molecule has 0 aliphatic carbocycles. The van der Waals surface area contributed by atoms with Gasteiger partial charge in [-0.2, -0.15) is 0 Å². The Morgan fingerprint density at radius 3 is 2.71 bits per heavy atom. The Morgan fingerprint density at radius 1 is 1.25 bits per heavy atom. The number of ether oxygens (including phenoxy) is 1. The van der Waals surface area contributed by atoms with Gasteiger partial charge in [0.2, 0.25) is 0 Å². The quantitative estimate of drug-likeness (QED) is 0.435. The first-order valence-corrected chi connectivity index (χ1v) is 8.56. The second kappa shape index (κ2) is 8.55. The Bertz CT molecular complexity index is 836. The minimum atomic E-state index is 0. The van der Waals surface area contributed by atoms with Crippen LogP contribution in [-0.2, 0) is 0 Å². The van der Waals surface area contributed by atoms with Gasteiger partial charge in [0.1, 0.15) is 5.75 Å². The van der Waals surface area contributed by atoms with E-state index in [2.05, 4.69) is 9.97 Å². The standard InChI is InChI=1S/C17H15ClN2O2S.BrH/c1-2-22-13-7-8-14-15(9-13)20-17(19-14)23-10-16(21)11-3-5-12(18)6-4-11;/h3-9H,2,10H2,1H3,(H,19,20);1H. The second-order valence-corrected chi connectivity index (χ2v) is 6.27. The van der Waals surface area contributed by atoms with Crippen LogP contribution in [0.15, 0.2) is 47.6 Å². The zero-order valence-corrected chi connectivity index (χ0v) is 16.2. The molecule has 0 amide bonds. The number of halogens is 2. The van der Waals surface area contributed by atoms with Crippen LogP contribution in [0.4, 0.5) is 0 Å². The van der Waals surface area contributed by atoms with Crippen molar-refractivity contribution in [3.8, 4) is 5.75 Å². The highest BCUT2D eigenvalue weighted by Crippen LogP contribution is 2.24. The maximum atomic E-state index is 12.2. The fourth-order valence-corrected chi connectivity index (χ4v) is 3.05. The van der Waals surface area contributed by atoms with Crippen LogP contribution in [0.1, 0.15) is 17.3 Å². The maximum absolute atomic E-state index is 12.2. The molecule has 1 aromatic heterocycles. The summed E-state index contributed by atoms with van der Waals surface area (Å²) in [7, 11) is 0. The molecular weight excluding hydrogens is 412 g/mol. The molecule has 0 radical (unpaired) electrons. The Balaban J connectivity index is 0.00000208. The van der Waals surface area contributed by atoms with E-state index in [0.717, 1.165) is 21.9 Å². The molecule has 3 rings (SSSR count). The van der Waals surface area contributed by atoms with Crippen molar-refractivity contribution in [3.05, 3.63) is 53.1 Å². The van der Waals surface area contributed by atoms with Crippen LogP contribution in [0.25, 0.3) is 11.0 Å². The number of rotatable bonds is 6. The Hall–Kier alpha value is -1.50. The molecule has 0 fully saturated rings. The number of carbonyl (C=O) groups excluding carboxylic acids is 1. The summed E-state index contributed by atoms with van der Waals surface area (Å²) in [4.78, 5) is 19.8. The Kier molecular flexibility index (Phi) is 6.71. The average Bonchev–Trinajstić information content (AvgIpc) is 2.96. The predicted octanol–water partition coefficient (Wildman–Crippen LogP) is 5.17. The summed E-state index contributed by atoms with van der Waals surface area (Å²) in [5, 5.41) is 1.34. The number of nitrogens with zero attached hydrogens (tertiary/aromatic N) is 1. The number of imidazole rings is 1. The third-order valence-corrected chi connectivity index (χ3v) is 4.37. The van der Waals surface area contributed by atoms with Gasteiger partial charge in [0, 0.05) is 16.7 Å². The first-order valence-electron chi connectivity index (χ1n) is 7.20. The predicted molar refractivity (Wildman–Crippen MR) is 104 cm³/mol. The molecule has 0 unspecified atom stereocenters. The SMILES string of the molecule is Br.CCOc1ccc2nc(SCC(=O)c3ccc(Cl)cc3)[nH]c2c1. The van der Waals surface area contributed by atoms with E-state index in [1.807, 2.05) is 25.1 Å². The first-order chi connectivity index (χ1) is 11.2. The molecule has 1 N–H and O–H groups in total. The number of hydrogen-bond donors (Lipinski definition) is 1. The normalized spacial score (nSPS) is 10.4. The van der Waals surface area contributed by atoms with Crippen LogP contribution >= 0.6 is 40.3 Å². The van der Waals surface area contributed by atoms with E-state index in [4.69, 9.17) is 16.3 Å². The van der Waals surface area contributed by atoms with Gasteiger partial charge in [0.15, 0.2) is 10.9 Å². The number of fused-ring (bicyclic) bond motifs is 1. The number of H-pyrrole nitrogens is 1. The summed E-state index contributed by atoms with van der Waals surface area (Å²) < 4.78 is 5.47. The van der Waals surface area contributed by atoms with Gasteiger partial charge in [-0.15, -0.1) is 17.0 Å². The lowest BCUT2D eigenvalue weighted by Crippen LogP contribution is -2.02. The molecule has 4 nitrogen and oxygen atoms in total. The third kappa shape index (κ3) is 4.53. The topological polar surface area (TPSA) is 55.0 Å². The Labute approximate surface area is 159 Å². The Morgan fingerprint density at radius 2 is 2.00 bits per heavy atom. The highest BCUT2D eigenvalue weighted by molar-refractivity contribution is 8.93. The van der Waals surface area contributed by atoms with Crippen LogP contribution in [0.2, 0.25) is 5.02 Å². The molecule has 2 aromatic carbocycles. The summed E-state index contributed by atoms with van der Waals surface area (Å²) in [6.45, 7) is 2.57. The van der Waals surface area contributed by atoms with Crippen molar-refractivity contribution in [1.29, 1.82) is 0 Å². The van der Waals surface area contributed by atoms with Crippen LogP contribution in [0.3, 0.4) is 0 Å². The number of thioether (sulfide) groups is 1. The molecule has 7 heteroatoms. The van der Waals surface area contributed by atoms with E-state index in [-0.39, 0.29) is 22.8 Å². The second-order valence-electron chi connectivity index (χ2n) is 4.87. The highest BCUT2D eigenvalue weighted by Gasteiger charge is 2.10. The molecule has 126 valence electrons. The van der Waals surface area contributed by atoms with Crippen molar-refractivity contribution in [2.24, 2.45) is 0 Å². The number of carbonyl (C=O) groups is 1. The largest absolute Gasteiger partial charge is 0.494 e. The molecule has 0 saturated heterocycles. The van der Waals surface area contributed by atoms with Crippen molar-refractivity contribution in [3.63, 3.8) is 0 Å². The van der Waals surface area contributed by atoms with E-state index in [9.17, 15) is 4.79 Å². The van der Waals surface area contributed by atoms with Crippen LogP contribution < -0.4 is 4.74 Å². The lowest BCUT2D eigenvalue weighted by molar-refractivity contribution is 0.102. The highest BCUT2D eigenvalue weighted by atomic mass is 79.9. The minimum absolute atomic E-state index is 0. The molecule has 1 heterocycles. The van der Waals surface area contributed by atoms with Crippen molar-refractivity contribution in [1.82, 2.24) is 9.97 Å². The number of nitrogens with one attached hydrogen (secondary N) is 1. The van der Waals surface area contributed by atoms with Gasteiger partial charge in [-0.3, -0.25) is 4.79 Å². The minimum Gasteiger partial charge on any atom is -0.494 e. The summed E-state index contributed by atoms with van der Waals surface area (Å²) >= 11 is 7.21. The third-order valence-electron chi connectivity index (χ3n) is 3.25. The van der Waals surface area contributed by atoms with Crippen LogP contribution in [0.5, 0.6) is 5.75 Å². The monoisotopic (exact) mass is 426 g/mol. The summed E-state index contributed by atoms with van der Waals surface area (Å²) in [5.74, 6) is 1.17. The smallest absolute Gasteiger partial charge is 0.173 e. The number of Topliss-reactive ketones (excluding diaryl/α,β-unsaturated/α-hetero) is 1. The van der Waals surface area contributed by atoms with Crippen molar-refractivity contribution in [2.45, 2.75) is 12.1 Å². The number of ketones is 1. The van der Waals surface area contributed by atoms with Gasteiger partial charge < -0.3 is 9.72 Å². The molecule has 0 spiro atoms. The van der Waals surface area contributed by atoms with E-state index in [1.54, 1.807) is 24.3 Å². The molecule has 0 aliphatic rings.